The molecule has 0 unspecified atom stereocenters. The number of carbonyl (C=O) groups excluding carboxylic acids is 2. The Kier molecular flexibility index (Phi) is 6.00. The van der Waals surface area contributed by atoms with Gasteiger partial charge in [-0.15, -0.1) is 11.6 Å². The fourth-order valence-corrected chi connectivity index (χ4v) is 3.11. The van der Waals surface area contributed by atoms with Crippen LogP contribution in [-0.2, 0) is 4.79 Å². The van der Waals surface area contributed by atoms with Crippen molar-refractivity contribution >= 4 is 29.2 Å². The SMILES string of the molecule is CN(C(=O)CCl)C(=O)N(c1ccccc1C#N)C1CCCCC1. The van der Waals surface area contributed by atoms with E-state index in [2.05, 4.69) is 6.07 Å². The van der Waals surface area contributed by atoms with Gasteiger partial charge >= 0.3 is 6.03 Å². The molecule has 1 saturated carbocycles. The molecule has 0 N–H and O–H groups in total. The number of para-hydroxylation sites is 1. The first kappa shape index (κ1) is 17.3. The molecule has 1 aromatic rings. The highest BCUT2D eigenvalue weighted by atomic mass is 35.5. The van der Waals surface area contributed by atoms with E-state index in [4.69, 9.17) is 11.6 Å². The molecule has 0 spiro atoms. The molecule has 0 bridgehead atoms. The summed E-state index contributed by atoms with van der Waals surface area (Å²) in [6.45, 7) is 0. The minimum Gasteiger partial charge on any atom is -0.290 e. The Morgan fingerprint density at radius 3 is 2.52 bits per heavy atom. The highest BCUT2D eigenvalue weighted by Gasteiger charge is 2.32. The molecule has 0 atom stereocenters. The lowest BCUT2D eigenvalue weighted by molar-refractivity contribution is -0.124. The number of alkyl halides is 1. The molecule has 1 aromatic carbocycles. The predicted molar refractivity (Wildman–Crippen MR) is 89.4 cm³/mol. The third-order valence-electron chi connectivity index (χ3n) is 4.21. The molecule has 6 heteroatoms. The second-order valence-electron chi connectivity index (χ2n) is 5.66. The van der Waals surface area contributed by atoms with E-state index in [-0.39, 0.29) is 11.9 Å². The summed E-state index contributed by atoms with van der Waals surface area (Å²) in [5.41, 5.74) is 0.985. The van der Waals surface area contributed by atoms with Crippen molar-refractivity contribution in [3.05, 3.63) is 29.8 Å². The zero-order valence-electron chi connectivity index (χ0n) is 13.2. The molecule has 5 nitrogen and oxygen atoms in total. The molecule has 2 rings (SSSR count). The molecule has 0 aromatic heterocycles. The van der Waals surface area contributed by atoms with Crippen LogP contribution in [0.5, 0.6) is 0 Å². The molecule has 1 aliphatic carbocycles. The number of anilines is 1. The number of halogens is 1. The Morgan fingerprint density at radius 2 is 1.91 bits per heavy atom. The molecule has 23 heavy (non-hydrogen) atoms. The first-order valence-electron chi connectivity index (χ1n) is 7.75. The second kappa shape index (κ2) is 7.98. The van der Waals surface area contributed by atoms with Gasteiger partial charge in [0.15, 0.2) is 0 Å². The molecule has 0 radical (unpaired) electrons. The van der Waals surface area contributed by atoms with E-state index in [0.717, 1.165) is 37.0 Å². The Bertz CT molecular complexity index is 621. The van der Waals surface area contributed by atoms with E-state index in [1.165, 1.54) is 7.05 Å². The summed E-state index contributed by atoms with van der Waals surface area (Å²) in [6.07, 6.45) is 4.96. The molecule has 122 valence electrons. The molecule has 0 saturated heterocycles. The van der Waals surface area contributed by atoms with Gasteiger partial charge < -0.3 is 0 Å². The van der Waals surface area contributed by atoms with Crippen molar-refractivity contribution in [3.8, 4) is 6.07 Å². The first-order valence-corrected chi connectivity index (χ1v) is 8.28. The van der Waals surface area contributed by atoms with Gasteiger partial charge in [-0.2, -0.15) is 5.26 Å². The number of nitrogens with zero attached hydrogens (tertiary/aromatic N) is 3. The van der Waals surface area contributed by atoms with Crippen LogP contribution in [0.2, 0.25) is 0 Å². The number of hydrogen-bond donors (Lipinski definition) is 0. The van der Waals surface area contributed by atoms with Crippen LogP contribution in [0.1, 0.15) is 37.7 Å². The van der Waals surface area contributed by atoms with Gasteiger partial charge in [0, 0.05) is 13.1 Å². The van der Waals surface area contributed by atoms with Crippen molar-refractivity contribution in [2.45, 2.75) is 38.1 Å². The van der Waals surface area contributed by atoms with Crippen molar-refractivity contribution in [1.82, 2.24) is 4.90 Å². The summed E-state index contributed by atoms with van der Waals surface area (Å²) in [5, 5.41) is 9.35. The average Bonchev–Trinajstić information content (AvgIpc) is 2.61. The van der Waals surface area contributed by atoms with Gasteiger partial charge in [-0.3, -0.25) is 14.6 Å². The maximum atomic E-state index is 12.9. The van der Waals surface area contributed by atoms with Crippen LogP contribution < -0.4 is 4.90 Å². The zero-order chi connectivity index (χ0) is 16.8. The number of carbonyl (C=O) groups is 2. The van der Waals surface area contributed by atoms with Crippen LogP contribution in [0.15, 0.2) is 24.3 Å². The van der Waals surface area contributed by atoms with Crippen LogP contribution in [0.4, 0.5) is 10.5 Å². The van der Waals surface area contributed by atoms with Crippen LogP contribution in [0.25, 0.3) is 0 Å². The number of rotatable bonds is 3. The Hall–Kier alpha value is -2.06. The lowest BCUT2D eigenvalue weighted by Crippen LogP contribution is -2.50. The molecular weight excluding hydrogens is 314 g/mol. The van der Waals surface area contributed by atoms with E-state index in [0.29, 0.717) is 11.3 Å². The summed E-state index contributed by atoms with van der Waals surface area (Å²) in [5.74, 6) is -0.701. The molecule has 0 aliphatic heterocycles. The van der Waals surface area contributed by atoms with Gasteiger partial charge in [0.25, 0.3) is 0 Å². The topological polar surface area (TPSA) is 64.4 Å². The fourth-order valence-electron chi connectivity index (χ4n) is 2.93. The molecule has 1 aliphatic rings. The summed E-state index contributed by atoms with van der Waals surface area (Å²) < 4.78 is 0. The number of nitriles is 1. The van der Waals surface area contributed by atoms with Gasteiger partial charge in [0.2, 0.25) is 5.91 Å². The predicted octanol–water partition coefficient (Wildman–Crippen LogP) is 3.51. The minimum atomic E-state index is -0.452. The Morgan fingerprint density at radius 1 is 1.26 bits per heavy atom. The second-order valence-corrected chi connectivity index (χ2v) is 5.93. The summed E-state index contributed by atoms with van der Waals surface area (Å²) in [4.78, 5) is 27.3. The zero-order valence-corrected chi connectivity index (χ0v) is 13.9. The van der Waals surface area contributed by atoms with Crippen LogP contribution in [0, 0.1) is 11.3 Å². The molecule has 1 fully saturated rings. The largest absolute Gasteiger partial charge is 0.331 e. The number of imide groups is 1. The van der Waals surface area contributed by atoms with E-state index in [9.17, 15) is 14.9 Å². The van der Waals surface area contributed by atoms with Crippen molar-refractivity contribution in [2.75, 3.05) is 17.8 Å². The number of amides is 3. The lowest BCUT2D eigenvalue weighted by atomic mass is 9.93. The number of benzene rings is 1. The van der Waals surface area contributed by atoms with Gasteiger partial charge in [-0.25, -0.2) is 4.79 Å². The Labute approximate surface area is 141 Å². The smallest absolute Gasteiger partial charge is 0.290 e. The summed E-state index contributed by atoms with van der Waals surface area (Å²) in [7, 11) is 1.43. The van der Waals surface area contributed by atoms with Crippen molar-refractivity contribution < 1.29 is 9.59 Å². The fraction of sp³-hybridized carbons (Fsp3) is 0.471. The van der Waals surface area contributed by atoms with Crippen LogP contribution in [-0.4, -0.2) is 35.8 Å². The lowest BCUT2D eigenvalue weighted by Gasteiger charge is -2.36. The van der Waals surface area contributed by atoms with Crippen molar-refractivity contribution in [1.29, 1.82) is 5.26 Å². The van der Waals surface area contributed by atoms with Crippen LogP contribution in [0.3, 0.4) is 0 Å². The van der Waals surface area contributed by atoms with Gasteiger partial charge in [-0.1, -0.05) is 31.4 Å². The maximum Gasteiger partial charge on any atom is 0.331 e. The van der Waals surface area contributed by atoms with Crippen molar-refractivity contribution in [3.63, 3.8) is 0 Å². The van der Waals surface area contributed by atoms with Gasteiger partial charge in [-0.05, 0) is 25.0 Å². The monoisotopic (exact) mass is 333 g/mol. The van der Waals surface area contributed by atoms with Gasteiger partial charge in [0.1, 0.15) is 11.9 Å². The third kappa shape index (κ3) is 3.83. The third-order valence-corrected chi connectivity index (χ3v) is 4.43. The maximum absolute atomic E-state index is 12.9. The normalized spacial score (nSPS) is 14.8. The Balaban J connectivity index is 2.41. The molecular formula is C17H20ClN3O2. The molecule has 3 amide bonds. The van der Waals surface area contributed by atoms with Crippen LogP contribution >= 0.6 is 11.6 Å². The number of hydrogen-bond acceptors (Lipinski definition) is 3. The minimum absolute atomic E-state index is 0.00340. The first-order chi connectivity index (χ1) is 11.1. The number of urea groups is 1. The highest BCUT2D eigenvalue weighted by molar-refractivity contribution is 6.28. The van der Waals surface area contributed by atoms with E-state index >= 15 is 0 Å². The summed E-state index contributed by atoms with van der Waals surface area (Å²) in [6, 6.07) is 8.69. The molecule has 0 heterocycles. The quantitative estimate of drug-likeness (QED) is 0.795. The standard InChI is InChI=1S/C17H20ClN3O2/c1-20(16(22)11-18)17(23)21(14-8-3-2-4-9-14)15-10-6-5-7-13(15)12-19/h5-7,10,14H,2-4,8-9,11H2,1H3. The van der Waals surface area contributed by atoms with Gasteiger partial charge in [0.05, 0.1) is 11.3 Å². The highest BCUT2D eigenvalue weighted by Crippen LogP contribution is 2.30. The van der Waals surface area contributed by atoms with E-state index in [1.54, 1.807) is 29.2 Å². The van der Waals surface area contributed by atoms with E-state index < -0.39 is 11.9 Å². The van der Waals surface area contributed by atoms with Crippen molar-refractivity contribution in [2.24, 2.45) is 0 Å². The summed E-state index contributed by atoms with van der Waals surface area (Å²) >= 11 is 5.57. The van der Waals surface area contributed by atoms with E-state index in [1.807, 2.05) is 0 Å². The average molecular weight is 334 g/mol.